The average Bonchev–Trinajstić information content (AvgIpc) is 3.74. The van der Waals surface area contributed by atoms with Crippen molar-refractivity contribution in [2.75, 3.05) is 0 Å². The number of nitrogens with zero attached hydrogens (tertiary/aromatic N) is 5. The van der Waals surface area contributed by atoms with Crippen molar-refractivity contribution in [1.29, 1.82) is 0 Å². The minimum absolute atomic E-state index is 0.939. The van der Waals surface area contributed by atoms with E-state index in [0.717, 1.165) is 71.6 Å². The van der Waals surface area contributed by atoms with Gasteiger partial charge in [-0.1, -0.05) is 84.9 Å². The van der Waals surface area contributed by atoms with Crippen molar-refractivity contribution < 1.29 is 0 Å². The quantitative estimate of drug-likeness (QED) is 0.188. The van der Waals surface area contributed by atoms with Gasteiger partial charge in [0, 0.05) is 62.3 Å². The van der Waals surface area contributed by atoms with Crippen molar-refractivity contribution in [3.63, 3.8) is 0 Å². The number of fused-ring (bicyclic) bond motifs is 10. The number of hydrogen-bond donors (Lipinski definition) is 0. The lowest BCUT2D eigenvalue weighted by molar-refractivity contribution is 1.17. The summed E-state index contributed by atoms with van der Waals surface area (Å²) in [7, 11) is 0. The van der Waals surface area contributed by atoms with Crippen LogP contribution < -0.4 is 0 Å². The Morgan fingerprint density at radius 1 is 0.365 bits per heavy atom. The zero-order valence-electron chi connectivity index (χ0n) is 28.0. The third-order valence-corrected chi connectivity index (χ3v) is 10.5. The number of benzene rings is 6. The molecule has 242 valence electrons. The number of hydrogen-bond acceptors (Lipinski definition) is 3. The summed E-state index contributed by atoms with van der Waals surface area (Å²) in [5.74, 6) is 0. The molecule has 5 heteroatoms. The third-order valence-electron chi connectivity index (χ3n) is 10.5. The van der Waals surface area contributed by atoms with Gasteiger partial charge in [-0.05, 0) is 89.0 Å². The highest BCUT2D eigenvalue weighted by atomic mass is 15.0. The minimum Gasteiger partial charge on any atom is -0.309 e. The largest absolute Gasteiger partial charge is 0.309 e. The molecule has 5 nitrogen and oxygen atoms in total. The van der Waals surface area contributed by atoms with Crippen LogP contribution in [0.1, 0.15) is 0 Å². The summed E-state index contributed by atoms with van der Waals surface area (Å²) in [5.41, 5.74) is 13.4. The second-order valence-electron chi connectivity index (χ2n) is 13.3. The van der Waals surface area contributed by atoms with Crippen LogP contribution in [-0.4, -0.2) is 24.1 Å². The van der Waals surface area contributed by atoms with E-state index >= 15 is 0 Å². The van der Waals surface area contributed by atoms with E-state index < -0.39 is 0 Å². The van der Waals surface area contributed by atoms with Crippen LogP contribution in [0.4, 0.5) is 0 Å². The van der Waals surface area contributed by atoms with Crippen LogP contribution in [0.3, 0.4) is 0 Å². The molecule has 0 radical (unpaired) electrons. The van der Waals surface area contributed by atoms with E-state index in [9.17, 15) is 0 Å². The van der Waals surface area contributed by atoms with Crippen molar-refractivity contribution >= 4 is 65.4 Å². The first-order chi connectivity index (χ1) is 25.8. The monoisotopic (exact) mass is 663 g/mol. The summed E-state index contributed by atoms with van der Waals surface area (Å²) in [4.78, 5) is 14.2. The molecule has 52 heavy (non-hydrogen) atoms. The smallest absolute Gasteiger partial charge is 0.0740 e. The van der Waals surface area contributed by atoms with Crippen LogP contribution in [-0.2, 0) is 0 Å². The van der Waals surface area contributed by atoms with Gasteiger partial charge in [0.15, 0.2) is 0 Å². The molecule has 5 aromatic heterocycles. The first kappa shape index (κ1) is 28.7. The maximum absolute atomic E-state index is 4.89. The molecule has 0 bridgehead atoms. The van der Waals surface area contributed by atoms with Gasteiger partial charge in [-0.3, -0.25) is 15.0 Å². The molecule has 11 rings (SSSR count). The molecule has 0 aliphatic carbocycles. The van der Waals surface area contributed by atoms with Gasteiger partial charge in [-0.15, -0.1) is 0 Å². The van der Waals surface area contributed by atoms with Gasteiger partial charge in [0.05, 0.1) is 39.3 Å². The van der Waals surface area contributed by atoms with Crippen molar-refractivity contribution in [2.24, 2.45) is 0 Å². The second-order valence-corrected chi connectivity index (χ2v) is 13.3. The zero-order chi connectivity index (χ0) is 34.2. The van der Waals surface area contributed by atoms with Crippen LogP contribution in [0, 0.1) is 0 Å². The Morgan fingerprint density at radius 3 is 1.75 bits per heavy atom. The highest BCUT2D eigenvalue weighted by molar-refractivity contribution is 6.21. The summed E-state index contributed by atoms with van der Waals surface area (Å²) in [6.45, 7) is 0. The van der Waals surface area contributed by atoms with E-state index in [-0.39, 0.29) is 0 Å². The van der Waals surface area contributed by atoms with Gasteiger partial charge in [0.1, 0.15) is 0 Å². The van der Waals surface area contributed by atoms with E-state index in [0.29, 0.717) is 0 Å². The van der Waals surface area contributed by atoms with Gasteiger partial charge in [-0.25, -0.2) is 0 Å². The topological polar surface area (TPSA) is 48.5 Å². The number of para-hydroxylation sites is 3. The fraction of sp³-hybridized carbons (Fsp3) is 0. The minimum atomic E-state index is 0.939. The summed E-state index contributed by atoms with van der Waals surface area (Å²) < 4.78 is 4.69. The molecule has 5 heterocycles. The predicted octanol–water partition coefficient (Wildman–Crippen LogP) is 11.7. The molecule has 0 atom stereocenters. The number of aromatic nitrogens is 5. The number of rotatable bonds is 4. The maximum Gasteiger partial charge on any atom is 0.0740 e. The normalized spacial score (nSPS) is 11.8. The van der Waals surface area contributed by atoms with E-state index in [2.05, 4.69) is 160 Å². The number of pyridine rings is 3. The van der Waals surface area contributed by atoms with Gasteiger partial charge in [0.2, 0.25) is 0 Å². The summed E-state index contributed by atoms with van der Waals surface area (Å²) >= 11 is 0. The molecule has 0 saturated carbocycles. The Kier molecular flexibility index (Phi) is 6.18. The van der Waals surface area contributed by atoms with Gasteiger partial charge in [0.25, 0.3) is 0 Å². The van der Waals surface area contributed by atoms with E-state index in [4.69, 9.17) is 9.97 Å². The second kappa shape index (κ2) is 11.2. The molecular weight excluding hydrogens is 635 g/mol. The summed E-state index contributed by atoms with van der Waals surface area (Å²) in [6.07, 6.45) is 7.78. The van der Waals surface area contributed by atoms with Crippen LogP contribution in [0.5, 0.6) is 0 Å². The summed E-state index contributed by atoms with van der Waals surface area (Å²) in [5, 5.41) is 6.87. The molecular formula is C47H29N5. The lowest BCUT2D eigenvalue weighted by Crippen LogP contribution is -1.94. The molecule has 0 unspecified atom stereocenters. The van der Waals surface area contributed by atoms with Gasteiger partial charge < -0.3 is 9.13 Å². The molecule has 0 aliphatic heterocycles. The molecule has 0 fully saturated rings. The first-order valence-corrected chi connectivity index (χ1v) is 17.5. The van der Waals surface area contributed by atoms with E-state index in [1.165, 1.54) is 27.4 Å². The van der Waals surface area contributed by atoms with Gasteiger partial charge >= 0.3 is 0 Å². The van der Waals surface area contributed by atoms with E-state index in [1.54, 1.807) is 0 Å². The lowest BCUT2D eigenvalue weighted by atomic mass is 9.97. The summed E-state index contributed by atoms with van der Waals surface area (Å²) in [6, 6.07) is 54.1. The highest BCUT2D eigenvalue weighted by Crippen LogP contribution is 2.40. The Balaban J connectivity index is 1.10. The SMILES string of the molecule is c1ccc(-n2c3ccc(-c4cccc(-c5ccc6c(c5)c5cnc7ccccc7c5n6-c5ccccc5)c4)cc3c3c4cnccc4ncc32)cc1. The molecule has 11 aromatic rings. The fourth-order valence-corrected chi connectivity index (χ4v) is 8.11. The van der Waals surface area contributed by atoms with Crippen molar-refractivity contribution in [3.05, 3.63) is 176 Å². The molecule has 0 N–H and O–H groups in total. The standard InChI is InChI=1S/C47H29N5/c1-3-12-34(13-4-1)51-44-21-19-33(26-38(44)46-40-27-48-23-22-42(40)50-29-45(46)51)31-11-9-10-30(24-31)32-18-20-43-37(25-32)39-28-49-41-17-8-7-16-36(41)47(39)52(43)35-14-5-2-6-15-35/h1-29H. The van der Waals surface area contributed by atoms with Crippen LogP contribution >= 0.6 is 0 Å². The molecule has 0 spiro atoms. The van der Waals surface area contributed by atoms with Crippen molar-refractivity contribution in [3.8, 4) is 33.6 Å². The Labute approximate surface area is 298 Å². The first-order valence-electron chi connectivity index (χ1n) is 17.5. The zero-order valence-corrected chi connectivity index (χ0v) is 28.0. The van der Waals surface area contributed by atoms with E-state index in [1.807, 2.05) is 30.9 Å². The van der Waals surface area contributed by atoms with Crippen molar-refractivity contribution in [1.82, 2.24) is 24.1 Å². The average molecular weight is 664 g/mol. The highest BCUT2D eigenvalue weighted by Gasteiger charge is 2.18. The predicted molar refractivity (Wildman–Crippen MR) is 214 cm³/mol. The maximum atomic E-state index is 4.89. The third kappa shape index (κ3) is 4.26. The lowest BCUT2D eigenvalue weighted by Gasteiger charge is -2.10. The Morgan fingerprint density at radius 2 is 0.981 bits per heavy atom. The molecule has 6 aromatic carbocycles. The van der Waals surface area contributed by atoms with Crippen LogP contribution in [0.2, 0.25) is 0 Å². The fourth-order valence-electron chi connectivity index (χ4n) is 8.11. The molecule has 0 aliphatic rings. The molecule has 0 amide bonds. The molecule has 0 saturated heterocycles. The Hall–Kier alpha value is -7.11. The van der Waals surface area contributed by atoms with Crippen LogP contribution in [0.25, 0.3) is 99.0 Å². The van der Waals surface area contributed by atoms with Crippen molar-refractivity contribution in [2.45, 2.75) is 0 Å². The van der Waals surface area contributed by atoms with Crippen LogP contribution in [0.15, 0.2) is 176 Å². The van der Waals surface area contributed by atoms with Gasteiger partial charge in [-0.2, -0.15) is 0 Å². The Bertz CT molecular complexity index is 3180.